The van der Waals surface area contributed by atoms with Crippen LogP contribution in [0.15, 0.2) is 23.1 Å². The number of hydrogen-bond donors (Lipinski definition) is 0. The van der Waals surface area contributed by atoms with E-state index < -0.39 is 109 Å². The fraction of sp³-hybridized carbons (Fsp3) is 0.355. The SMILES string of the molecule is CCCCOC(=O)c1ccc(N(Cc2c(F)c(F)c(F)c(F)c2F)C(=O)CN(C)S(=O)(=O)c2c(F)c(F)c(F)c(F)c2F)cc1OCCCC. The van der Waals surface area contributed by atoms with Crippen molar-refractivity contribution in [3.05, 3.63) is 87.5 Å². The van der Waals surface area contributed by atoms with Gasteiger partial charge in [-0.15, -0.1) is 0 Å². The lowest BCUT2D eigenvalue weighted by Crippen LogP contribution is -2.42. The summed E-state index contributed by atoms with van der Waals surface area (Å²) in [7, 11) is -5.28. The van der Waals surface area contributed by atoms with Crippen molar-refractivity contribution in [1.82, 2.24) is 4.31 Å². The zero-order valence-electron chi connectivity index (χ0n) is 26.4. The lowest BCUT2D eigenvalue weighted by atomic mass is 10.1. The number of hydrogen-bond acceptors (Lipinski definition) is 6. The summed E-state index contributed by atoms with van der Waals surface area (Å²) in [5.41, 5.74) is -2.29. The highest BCUT2D eigenvalue weighted by molar-refractivity contribution is 7.89. The third-order valence-electron chi connectivity index (χ3n) is 7.10. The number of nitrogens with zero attached hydrogens (tertiary/aromatic N) is 2. The van der Waals surface area contributed by atoms with Gasteiger partial charge in [-0.05, 0) is 25.0 Å². The third-order valence-corrected chi connectivity index (χ3v) is 8.92. The molecule has 0 aliphatic carbocycles. The van der Waals surface area contributed by atoms with Crippen LogP contribution in [-0.2, 0) is 26.1 Å². The zero-order valence-corrected chi connectivity index (χ0v) is 27.2. The molecular formula is C31H28F10N2O6S. The molecule has 3 rings (SSSR count). The molecule has 0 fully saturated rings. The number of likely N-dealkylation sites (N-methyl/N-ethyl adjacent to an activating group) is 1. The van der Waals surface area contributed by atoms with Gasteiger partial charge in [0.25, 0.3) is 0 Å². The molecule has 3 aromatic carbocycles. The molecule has 8 nitrogen and oxygen atoms in total. The van der Waals surface area contributed by atoms with Crippen LogP contribution in [0.4, 0.5) is 49.6 Å². The van der Waals surface area contributed by atoms with Crippen LogP contribution in [0.5, 0.6) is 5.75 Å². The molecular weight excluding hydrogens is 718 g/mol. The fourth-order valence-electron chi connectivity index (χ4n) is 4.28. The van der Waals surface area contributed by atoms with E-state index in [1.54, 1.807) is 6.92 Å². The van der Waals surface area contributed by atoms with E-state index in [9.17, 15) is 61.9 Å². The standard InChI is InChI=1S/C31H28F10N2O6S/c1-4-6-10-48-18-12-15(8-9-16(18)31(45)49-11-7-5-2)43(13-17-20(32)22(34)24(36)23(35)21(17)33)19(44)14-42(3)50(46,47)30-28(40)26(38)25(37)27(39)29(30)41/h8-9,12H,4-7,10-11,13-14H2,1-3H3. The number of halogens is 10. The van der Waals surface area contributed by atoms with Crippen LogP contribution in [0, 0.1) is 58.2 Å². The summed E-state index contributed by atoms with van der Waals surface area (Å²) in [6.45, 7) is 0.523. The van der Waals surface area contributed by atoms with Gasteiger partial charge in [0.15, 0.2) is 51.4 Å². The quantitative estimate of drug-likeness (QED) is 0.0544. The Bertz CT molecular complexity index is 1840. The van der Waals surface area contributed by atoms with Gasteiger partial charge in [0.05, 0.1) is 26.3 Å². The van der Waals surface area contributed by atoms with Crippen LogP contribution >= 0.6 is 0 Å². The predicted octanol–water partition coefficient (Wildman–Crippen LogP) is 7.07. The van der Waals surface area contributed by atoms with E-state index in [1.165, 1.54) is 0 Å². The van der Waals surface area contributed by atoms with Crippen molar-refractivity contribution < 1.29 is 71.4 Å². The van der Waals surface area contributed by atoms with Crippen molar-refractivity contribution in [3.8, 4) is 5.75 Å². The van der Waals surface area contributed by atoms with Gasteiger partial charge in [-0.25, -0.2) is 57.1 Å². The van der Waals surface area contributed by atoms with Crippen molar-refractivity contribution in [2.75, 3.05) is 31.7 Å². The average Bonchev–Trinajstić information content (AvgIpc) is 3.08. The van der Waals surface area contributed by atoms with Gasteiger partial charge in [-0.3, -0.25) is 4.79 Å². The Kier molecular flexibility index (Phi) is 13.2. The molecule has 0 aromatic heterocycles. The second-order valence-corrected chi connectivity index (χ2v) is 12.5. The first-order valence-corrected chi connectivity index (χ1v) is 16.1. The molecule has 0 N–H and O–H groups in total. The second-order valence-electron chi connectivity index (χ2n) is 10.6. The van der Waals surface area contributed by atoms with E-state index in [0.29, 0.717) is 32.7 Å². The number of sulfonamides is 1. The number of unbranched alkanes of at least 4 members (excludes halogenated alkanes) is 2. The Morgan fingerprint density at radius 3 is 1.70 bits per heavy atom. The lowest BCUT2D eigenvalue weighted by molar-refractivity contribution is -0.118. The van der Waals surface area contributed by atoms with Gasteiger partial charge in [-0.1, -0.05) is 26.7 Å². The Morgan fingerprint density at radius 2 is 1.18 bits per heavy atom. The van der Waals surface area contributed by atoms with Gasteiger partial charge in [0, 0.05) is 24.4 Å². The predicted molar refractivity (Wildman–Crippen MR) is 156 cm³/mol. The number of carbonyl (C=O) groups excluding carboxylic acids is 2. The first-order valence-electron chi connectivity index (χ1n) is 14.6. The van der Waals surface area contributed by atoms with E-state index in [-0.39, 0.29) is 33.7 Å². The van der Waals surface area contributed by atoms with Crippen molar-refractivity contribution in [3.63, 3.8) is 0 Å². The van der Waals surface area contributed by atoms with E-state index in [1.807, 2.05) is 6.92 Å². The number of ether oxygens (including phenoxy) is 2. The summed E-state index contributed by atoms with van der Waals surface area (Å²) in [4.78, 5) is 24.3. The van der Waals surface area contributed by atoms with Gasteiger partial charge >= 0.3 is 5.97 Å². The number of amides is 1. The van der Waals surface area contributed by atoms with E-state index in [0.717, 1.165) is 18.2 Å². The molecule has 0 saturated carbocycles. The first kappa shape index (κ1) is 40.0. The molecule has 0 aliphatic rings. The summed E-state index contributed by atoms with van der Waals surface area (Å²) in [6.07, 6.45) is 2.18. The van der Waals surface area contributed by atoms with Crippen molar-refractivity contribution >= 4 is 27.6 Å². The minimum absolute atomic E-state index is 0.000195. The molecule has 0 bridgehead atoms. The monoisotopic (exact) mass is 746 g/mol. The fourth-order valence-corrected chi connectivity index (χ4v) is 5.50. The Balaban J connectivity index is 2.17. The number of anilines is 1. The van der Waals surface area contributed by atoms with Crippen molar-refractivity contribution in [1.29, 1.82) is 0 Å². The molecule has 3 aromatic rings. The van der Waals surface area contributed by atoms with Gasteiger partial charge in [0.1, 0.15) is 11.3 Å². The second kappa shape index (κ2) is 16.5. The maximum atomic E-state index is 14.8. The topological polar surface area (TPSA) is 93.2 Å². The minimum atomic E-state index is -5.75. The van der Waals surface area contributed by atoms with Crippen molar-refractivity contribution in [2.45, 2.75) is 51.0 Å². The number of esters is 1. The molecule has 1 amide bonds. The van der Waals surface area contributed by atoms with Crippen LogP contribution in [0.3, 0.4) is 0 Å². The summed E-state index contributed by atoms with van der Waals surface area (Å²) in [5, 5.41) is 0. The largest absolute Gasteiger partial charge is 0.493 e. The van der Waals surface area contributed by atoms with Crippen LogP contribution < -0.4 is 9.64 Å². The number of carbonyl (C=O) groups is 2. The van der Waals surface area contributed by atoms with Crippen molar-refractivity contribution in [2.24, 2.45) is 0 Å². The average molecular weight is 747 g/mol. The van der Waals surface area contributed by atoms with Crippen LogP contribution in [0.2, 0.25) is 0 Å². The lowest BCUT2D eigenvalue weighted by Gasteiger charge is -2.27. The third kappa shape index (κ3) is 8.14. The molecule has 0 radical (unpaired) electrons. The summed E-state index contributed by atoms with van der Waals surface area (Å²) >= 11 is 0. The number of benzene rings is 3. The van der Waals surface area contributed by atoms with Gasteiger partial charge in [-0.2, -0.15) is 4.31 Å². The summed E-state index contributed by atoms with van der Waals surface area (Å²) in [5.74, 6) is -28.3. The summed E-state index contributed by atoms with van der Waals surface area (Å²) in [6, 6.07) is 2.92. The Hall–Kier alpha value is -4.39. The van der Waals surface area contributed by atoms with Crippen LogP contribution in [-0.4, -0.2) is 51.4 Å². The highest BCUT2D eigenvalue weighted by Crippen LogP contribution is 2.32. The molecule has 0 aliphatic heterocycles. The Morgan fingerprint density at radius 1 is 0.700 bits per heavy atom. The minimum Gasteiger partial charge on any atom is -0.493 e. The van der Waals surface area contributed by atoms with E-state index in [2.05, 4.69) is 0 Å². The highest BCUT2D eigenvalue weighted by atomic mass is 32.2. The zero-order chi connectivity index (χ0) is 37.7. The Labute approximate surface area is 279 Å². The normalized spacial score (nSPS) is 11.6. The molecule has 274 valence electrons. The molecule has 0 unspecified atom stereocenters. The van der Waals surface area contributed by atoms with Crippen LogP contribution in [0.25, 0.3) is 0 Å². The first-order chi connectivity index (χ1) is 23.4. The maximum Gasteiger partial charge on any atom is 0.341 e. The van der Waals surface area contributed by atoms with Gasteiger partial charge in [0.2, 0.25) is 27.6 Å². The van der Waals surface area contributed by atoms with Crippen LogP contribution in [0.1, 0.15) is 55.5 Å². The molecule has 19 heteroatoms. The maximum absolute atomic E-state index is 14.8. The smallest absolute Gasteiger partial charge is 0.341 e. The highest BCUT2D eigenvalue weighted by Gasteiger charge is 2.38. The molecule has 0 spiro atoms. The van der Waals surface area contributed by atoms with Gasteiger partial charge < -0.3 is 14.4 Å². The molecule has 0 heterocycles. The summed E-state index contributed by atoms with van der Waals surface area (Å²) < 4.78 is 178. The molecule has 0 atom stereocenters. The molecule has 0 saturated heterocycles. The van der Waals surface area contributed by atoms with E-state index >= 15 is 0 Å². The van der Waals surface area contributed by atoms with E-state index in [4.69, 9.17) is 9.47 Å². The molecule has 50 heavy (non-hydrogen) atoms. The number of rotatable bonds is 15.